The quantitative estimate of drug-likeness (QED) is 0.0489. The van der Waals surface area contributed by atoms with Crippen LogP contribution in [0.15, 0.2) is 0 Å². The molecule has 6 heteroatoms. The van der Waals surface area contributed by atoms with E-state index in [4.69, 9.17) is 9.47 Å². The van der Waals surface area contributed by atoms with Gasteiger partial charge in [0.1, 0.15) is 6.10 Å². The summed E-state index contributed by atoms with van der Waals surface area (Å²) < 4.78 is 11.8. The largest absolute Gasteiger partial charge is 0.466 e. The molecule has 0 aliphatic rings. The van der Waals surface area contributed by atoms with E-state index in [1.165, 1.54) is 161 Å². The van der Waals surface area contributed by atoms with E-state index in [0.29, 0.717) is 13.0 Å². The van der Waals surface area contributed by atoms with Crippen LogP contribution < -0.4 is 0 Å². The van der Waals surface area contributed by atoms with Crippen molar-refractivity contribution in [2.24, 2.45) is 5.41 Å². The Morgan fingerprint density at radius 2 is 0.893 bits per heavy atom. The fourth-order valence-electron chi connectivity index (χ4n) is 7.85. The Morgan fingerprint density at radius 1 is 0.500 bits per heavy atom. The van der Waals surface area contributed by atoms with Gasteiger partial charge in [-0.15, -0.1) is 0 Å². The predicted octanol–water partition coefficient (Wildman–Crippen LogP) is 14.9. The van der Waals surface area contributed by atoms with Crippen LogP contribution >= 0.6 is 0 Å². The zero-order chi connectivity index (χ0) is 41.2. The van der Waals surface area contributed by atoms with Crippen LogP contribution in [0, 0.1) is 5.41 Å². The molecule has 334 valence electrons. The summed E-state index contributed by atoms with van der Waals surface area (Å²) in [4.78, 5) is 28.0. The fourth-order valence-corrected chi connectivity index (χ4v) is 7.85. The smallest absolute Gasteiger partial charge is 0.311 e. The van der Waals surface area contributed by atoms with Crippen LogP contribution in [0.1, 0.15) is 266 Å². The average Bonchev–Trinajstić information content (AvgIpc) is 3.18. The van der Waals surface area contributed by atoms with Crippen molar-refractivity contribution in [1.82, 2.24) is 4.90 Å². The van der Waals surface area contributed by atoms with Crippen molar-refractivity contribution >= 4 is 11.9 Å². The highest BCUT2D eigenvalue weighted by molar-refractivity contribution is 5.76. The van der Waals surface area contributed by atoms with E-state index < -0.39 is 5.41 Å². The van der Waals surface area contributed by atoms with E-state index in [1.807, 2.05) is 0 Å². The maximum absolute atomic E-state index is 13.4. The SMILES string of the molecule is CCCCCCCCCCC(=O)OCCCCCCCN(CCCO)CCCCCCC(C)(C)C(=O)OC(CCCCCCCCC)CCCCCCCCC. The van der Waals surface area contributed by atoms with E-state index in [-0.39, 0.29) is 24.6 Å². The number of hydrogen-bond donors (Lipinski definition) is 1. The second kappa shape index (κ2) is 42.0. The van der Waals surface area contributed by atoms with Gasteiger partial charge < -0.3 is 19.5 Å². The lowest BCUT2D eigenvalue weighted by Crippen LogP contribution is -2.31. The molecule has 0 amide bonds. The molecule has 0 heterocycles. The molecular weight excluding hydrogens is 695 g/mol. The van der Waals surface area contributed by atoms with Crippen LogP contribution in [0.5, 0.6) is 0 Å². The monoisotopic (exact) mass is 794 g/mol. The van der Waals surface area contributed by atoms with Gasteiger partial charge >= 0.3 is 11.9 Å². The van der Waals surface area contributed by atoms with Crippen LogP contribution in [0.25, 0.3) is 0 Å². The molecule has 0 spiro atoms. The summed E-state index contributed by atoms with van der Waals surface area (Å²) in [6.07, 6.45) is 42.7. The third-order valence-corrected chi connectivity index (χ3v) is 11.9. The van der Waals surface area contributed by atoms with Crippen LogP contribution in [0.4, 0.5) is 0 Å². The highest BCUT2D eigenvalue weighted by Gasteiger charge is 2.30. The Hall–Kier alpha value is -1.14. The zero-order valence-corrected chi connectivity index (χ0v) is 38.6. The summed E-state index contributed by atoms with van der Waals surface area (Å²) in [6, 6.07) is 0. The lowest BCUT2D eigenvalue weighted by Gasteiger charge is -2.27. The van der Waals surface area contributed by atoms with Crippen LogP contribution in [-0.2, 0) is 19.1 Å². The molecular formula is C50H99NO5. The number of ether oxygens (including phenoxy) is 2. The minimum atomic E-state index is -0.430. The number of nitrogens with zero attached hydrogens (tertiary/aromatic N) is 1. The van der Waals surface area contributed by atoms with Crippen molar-refractivity contribution in [1.29, 1.82) is 0 Å². The van der Waals surface area contributed by atoms with Gasteiger partial charge in [-0.05, 0) is 91.1 Å². The number of rotatable bonds is 45. The molecule has 0 atom stereocenters. The maximum atomic E-state index is 13.4. The second-order valence-corrected chi connectivity index (χ2v) is 18.0. The molecule has 0 aliphatic heterocycles. The number of aliphatic hydroxyl groups is 1. The average molecular weight is 794 g/mol. The van der Waals surface area contributed by atoms with Gasteiger partial charge in [0.05, 0.1) is 12.0 Å². The molecule has 0 fully saturated rings. The summed E-state index contributed by atoms with van der Waals surface area (Å²) in [6.45, 7) is 14.9. The molecule has 0 aromatic rings. The molecule has 1 N–H and O–H groups in total. The lowest BCUT2D eigenvalue weighted by atomic mass is 9.86. The Labute approximate surface area is 350 Å². The molecule has 0 rings (SSSR count). The van der Waals surface area contributed by atoms with Gasteiger partial charge in [-0.2, -0.15) is 0 Å². The number of carbonyl (C=O) groups is 2. The fraction of sp³-hybridized carbons (Fsp3) is 0.960. The number of aliphatic hydroxyl groups excluding tert-OH is 1. The summed E-state index contributed by atoms with van der Waals surface area (Å²) in [5.74, 6) is -0.00720. The van der Waals surface area contributed by atoms with Crippen LogP contribution in [-0.4, -0.2) is 60.9 Å². The molecule has 0 aliphatic carbocycles. The van der Waals surface area contributed by atoms with Crippen molar-refractivity contribution in [3.05, 3.63) is 0 Å². The third kappa shape index (κ3) is 37.2. The number of carbonyl (C=O) groups excluding carboxylic acids is 2. The minimum absolute atomic E-state index is 0.0127. The van der Waals surface area contributed by atoms with Crippen molar-refractivity contribution in [2.75, 3.05) is 32.8 Å². The van der Waals surface area contributed by atoms with Crippen LogP contribution in [0.3, 0.4) is 0 Å². The highest BCUT2D eigenvalue weighted by atomic mass is 16.5. The van der Waals surface area contributed by atoms with Gasteiger partial charge in [0.15, 0.2) is 0 Å². The van der Waals surface area contributed by atoms with Gasteiger partial charge in [-0.3, -0.25) is 9.59 Å². The van der Waals surface area contributed by atoms with Crippen molar-refractivity contribution in [3.8, 4) is 0 Å². The Kier molecular flexibility index (Phi) is 41.1. The zero-order valence-electron chi connectivity index (χ0n) is 38.6. The van der Waals surface area contributed by atoms with Crippen molar-refractivity contribution in [2.45, 2.75) is 272 Å². The first-order chi connectivity index (χ1) is 27.3. The normalized spacial score (nSPS) is 11.9. The minimum Gasteiger partial charge on any atom is -0.466 e. The third-order valence-electron chi connectivity index (χ3n) is 11.9. The Morgan fingerprint density at radius 3 is 1.38 bits per heavy atom. The van der Waals surface area contributed by atoms with Gasteiger partial charge in [0, 0.05) is 19.6 Å². The highest BCUT2D eigenvalue weighted by Crippen LogP contribution is 2.28. The topological polar surface area (TPSA) is 76.1 Å². The number of hydrogen-bond acceptors (Lipinski definition) is 6. The first-order valence-corrected chi connectivity index (χ1v) is 25.0. The van der Waals surface area contributed by atoms with Gasteiger partial charge in [0.2, 0.25) is 0 Å². The molecule has 0 bridgehead atoms. The van der Waals surface area contributed by atoms with E-state index in [9.17, 15) is 14.7 Å². The molecule has 56 heavy (non-hydrogen) atoms. The summed E-state index contributed by atoms with van der Waals surface area (Å²) in [7, 11) is 0. The van der Waals surface area contributed by atoms with Crippen molar-refractivity contribution < 1.29 is 24.2 Å². The molecule has 0 aromatic heterocycles. The predicted molar refractivity (Wildman–Crippen MR) is 241 cm³/mol. The van der Waals surface area contributed by atoms with Crippen molar-refractivity contribution in [3.63, 3.8) is 0 Å². The molecule has 6 nitrogen and oxygen atoms in total. The molecule has 0 aromatic carbocycles. The van der Waals surface area contributed by atoms with E-state index >= 15 is 0 Å². The maximum Gasteiger partial charge on any atom is 0.311 e. The lowest BCUT2D eigenvalue weighted by molar-refractivity contribution is -0.161. The van der Waals surface area contributed by atoms with Gasteiger partial charge in [-0.1, -0.05) is 181 Å². The standard InChI is InChI=1S/C50H99NO5/c1-6-9-12-15-18-21-25-32-40-48(53)55-46-36-29-22-27-34-42-51(44-37-45-52)43-35-28-26-33-41-50(4,5)49(54)56-47(38-30-23-19-16-13-10-7-2)39-31-24-20-17-14-11-8-3/h47,52H,6-46H2,1-5H3. The molecule has 0 saturated heterocycles. The molecule has 0 radical (unpaired) electrons. The second-order valence-electron chi connectivity index (χ2n) is 18.0. The van der Waals surface area contributed by atoms with E-state index in [2.05, 4.69) is 39.5 Å². The molecule has 0 saturated carbocycles. The van der Waals surface area contributed by atoms with Gasteiger partial charge in [0.25, 0.3) is 0 Å². The van der Waals surface area contributed by atoms with E-state index in [0.717, 1.165) is 83.8 Å². The first-order valence-electron chi connectivity index (χ1n) is 25.0. The van der Waals surface area contributed by atoms with E-state index in [1.54, 1.807) is 0 Å². The Bertz CT molecular complexity index is 814. The number of unbranched alkanes of at least 4 members (excludes halogenated alkanes) is 26. The summed E-state index contributed by atoms with van der Waals surface area (Å²) in [5, 5.41) is 9.45. The molecule has 0 unspecified atom stereocenters. The first kappa shape index (κ1) is 54.9. The number of esters is 2. The summed E-state index contributed by atoms with van der Waals surface area (Å²) in [5.41, 5.74) is -0.430. The van der Waals surface area contributed by atoms with Gasteiger partial charge in [-0.25, -0.2) is 0 Å². The van der Waals surface area contributed by atoms with Crippen LogP contribution in [0.2, 0.25) is 0 Å². The Balaban J connectivity index is 4.27. The summed E-state index contributed by atoms with van der Waals surface area (Å²) >= 11 is 0.